The summed E-state index contributed by atoms with van der Waals surface area (Å²) in [4.78, 5) is 39.5. The van der Waals surface area contributed by atoms with Gasteiger partial charge >= 0.3 is 12.1 Å². The first kappa shape index (κ1) is 23.7. The number of aryl methyl sites for hydroxylation is 1. The second-order valence-electron chi connectivity index (χ2n) is 8.38. The van der Waals surface area contributed by atoms with E-state index in [4.69, 9.17) is 23.1 Å². The lowest BCUT2D eigenvalue weighted by molar-refractivity contribution is -0.122. The fourth-order valence-corrected chi connectivity index (χ4v) is 4.63. The molecule has 4 rings (SSSR count). The van der Waals surface area contributed by atoms with Gasteiger partial charge in [-0.25, -0.2) is 14.0 Å². The molecular formula is C24H25ClFN5O3. The zero-order chi connectivity index (χ0) is 24.4. The monoisotopic (exact) mass is 485 g/mol. The highest BCUT2D eigenvalue weighted by Crippen LogP contribution is 2.29. The van der Waals surface area contributed by atoms with Crippen molar-refractivity contribution in [1.82, 2.24) is 9.47 Å². The molecule has 0 aliphatic carbocycles. The molecule has 1 saturated heterocycles. The highest BCUT2D eigenvalue weighted by molar-refractivity contribution is 6.30. The fraction of sp³-hybridized carbons (Fsp3) is 0.292. The number of halogens is 2. The third kappa shape index (κ3) is 4.62. The molecule has 8 nitrogen and oxygen atoms in total. The molecule has 178 valence electrons. The molecule has 1 aliphatic rings. The summed E-state index contributed by atoms with van der Waals surface area (Å²) < 4.78 is 15.5. The number of urea groups is 1. The number of hydrogen-bond acceptors (Lipinski definition) is 4. The molecule has 1 aliphatic heterocycles. The number of para-hydroxylation sites is 1. The van der Waals surface area contributed by atoms with Crippen molar-refractivity contribution in [2.75, 3.05) is 18.4 Å². The van der Waals surface area contributed by atoms with Gasteiger partial charge in [0.2, 0.25) is 0 Å². The maximum Gasteiger partial charge on any atom is 0.323 e. The molecule has 0 radical (unpaired) electrons. The summed E-state index contributed by atoms with van der Waals surface area (Å²) in [7, 11) is 0. The Bertz CT molecular complexity index is 1260. The molecule has 2 aromatic carbocycles. The summed E-state index contributed by atoms with van der Waals surface area (Å²) in [6, 6.07) is 9.86. The minimum atomic E-state index is -0.680. The summed E-state index contributed by atoms with van der Waals surface area (Å²) in [5.41, 5.74) is 12.6. The van der Waals surface area contributed by atoms with Crippen molar-refractivity contribution in [2.24, 2.45) is 17.4 Å². The number of anilines is 1. The van der Waals surface area contributed by atoms with Crippen LogP contribution >= 0.6 is 11.6 Å². The third-order valence-electron chi connectivity index (χ3n) is 6.22. The standard InChI is InChI=1S/C24H25ClFN5O3/c25-17-6-3-4-15(22(17)26)8-9-21(32)20-10-14(11-27)12-31(20)24(34)29-18-13-30(23(28)33)19-7-2-1-5-16(18)19/h1-7,13-14,20H,8-12,27H2,(H2,28,33)(H,29,34)/t14-,20+/m1/s1. The second-order valence-corrected chi connectivity index (χ2v) is 8.79. The van der Waals surface area contributed by atoms with Gasteiger partial charge in [-0.3, -0.25) is 9.36 Å². The molecule has 0 bridgehead atoms. The van der Waals surface area contributed by atoms with E-state index in [9.17, 15) is 18.8 Å². The SMILES string of the molecule is NC[C@H]1C[C@@H](C(=O)CCc2cccc(Cl)c2F)N(C(=O)Nc2cn(C(N)=O)c3ccccc23)C1. The maximum atomic E-state index is 14.2. The highest BCUT2D eigenvalue weighted by atomic mass is 35.5. The van der Waals surface area contributed by atoms with Crippen LogP contribution < -0.4 is 16.8 Å². The van der Waals surface area contributed by atoms with Gasteiger partial charge in [0.05, 0.1) is 22.3 Å². The van der Waals surface area contributed by atoms with Crippen molar-refractivity contribution in [3.8, 4) is 0 Å². The summed E-state index contributed by atoms with van der Waals surface area (Å²) in [6.45, 7) is 0.649. The lowest BCUT2D eigenvalue weighted by Gasteiger charge is -2.24. The van der Waals surface area contributed by atoms with Crippen molar-refractivity contribution >= 4 is 46.0 Å². The first-order valence-corrected chi connectivity index (χ1v) is 11.3. The number of benzene rings is 2. The van der Waals surface area contributed by atoms with Crippen LogP contribution in [-0.4, -0.2) is 46.4 Å². The van der Waals surface area contributed by atoms with Crippen LogP contribution in [0, 0.1) is 11.7 Å². The lowest BCUT2D eigenvalue weighted by Crippen LogP contribution is -2.43. The number of rotatable bonds is 6. The minimum absolute atomic E-state index is 0.00476. The Kier molecular flexibility index (Phi) is 6.85. The predicted octanol–water partition coefficient (Wildman–Crippen LogP) is 3.74. The van der Waals surface area contributed by atoms with Crippen LogP contribution in [0.4, 0.5) is 19.7 Å². The molecular weight excluding hydrogens is 461 g/mol. The van der Waals surface area contributed by atoms with Crippen molar-refractivity contribution < 1.29 is 18.8 Å². The van der Waals surface area contributed by atoms with E-state index in [0.29, 0.717) is 41.7 Å². The Labute approximate surface area is 200 Å². The van der Waals surface area contributed by atoms with Crippen LogP contribution in [-0.2, 0) is 11.2 Å². The number of nitrogens with two attached hydrogens (primary N) is 2. The number of carbonyl (C=O) groups is 3. The minimum Gasteiger partial charge on any atom is -0.351 e. The van der Waals surface area contributed by atoms with Gasteiger partial charge in [0.1, 0.15) is 5.82 Å². The number of nitrogens with zero attached hydrogens (tertiary/aromatic N) is 2. The van der Waals surface area contributed by atoms with E-state index in [1.807, 2.05) is 0 Å². The van der Waals surface area contributed by atoms with Crippen molar-refractivity contribution in [3.05, 3.63) is 65.1 Å². The quantitative estimate of drug-likeness (QED) is 0.492. The Morgan fingerprint density at radius 3 is 2.65 bits per heavy atom. The van der Waals surface area contributed by atoms with Crippen LogP contribution in [0.5, 0.6) is 0 Å². The topological polar surface area (TPSA) is 123 Å². The number of Topliss-reactive ketones (excluding diaryl/α,β-unsaturated/α-hetero) is 1. The smallest absolute Gasteiger partial charge is 0.323 e. The molecule has 2 atom stereocenters. The van der Waals surface area contributed by atoms with E-state index in [1.54, 1.807) is 36.4 Å². The molecule has 1 aromatic heterocycles. The number of ketones is 1. The molecule has 0 unspecified atom stereocenters. The molecule has 0 spiro atoms. The third-order valence-corrected chi connectivity index (χ3v) is 6.51. The van der Waals surface area contributed by atoms with Crippen molar-refractivity contribution in [3.63, 3.8) is 0 Å². The number of amides is 3. The number of primary amides is 1. The number of likely N-dealkylation sites (tertiary alicyclic amines) is 1. The molecule has 3 aromatic rings. The molecule has 0 saturated carbocycles. The van der Waals surface area contributed by atoms with E-state index in [0.717, 1.165) is 0 Å². The predicted molar refractivity (Wildman–Crippen MR) is 128 cm³/mol. The number of carbonyl (C=O) groups excluding carboxylic acids is 3. The number of aromatic nitrogens is 1. The molecule has 5 N–H and O–H groups in total. The van der Waals surface area contributed by atoms with Gasteiger partial charge in [-0.15, -0.1) is 0 Å². The van der Waals surface area contributed by atoms with Crippen molar-refractivity contribution in [2.45, 2.75) is 25.3 Å². The number of nitrogens with one attached hydrogen (secondary N) is 1. The average molecular weight is 486 g/mol. The van der Waals surface area contributed by atoms with Crippen LogP contribution in [0.25, 0.3) is 10.9 Å². The van der Waals surface area contributed by atoms with Crippen LogP contribution in [0.2, 0.25) is 5.02 Å². The fourth-order valence-electron chi connectivity index (χ4n) is 4.44. The van der Waals surface area contributed by atoms with E-state index in [1.165, 1.54) is 21.7 Å². The number of hydrogen-bond donors (Lipinski definition) is 3. The van der Waals surface area contributed by atoms with Gasteiger partial charge in [0.25, 0.3) is 0 Å². The van der Waals surface area contributed by atoms with Gasteiger partial charge in [0, 0.05) is 24.5 Å². The van der Waals surface area contributed by atoms with Gasteiger partial charge in [-0.1, -0.05) is 41.9 Å². The maximum absolute atomic E-state index is 14.2. The van der Waals surface area contributed by atoms with E-state index in [2.05, 4.69) is 5.32 Å². The summed E-state index contributed by atoms with van der Waals surface area (Å²) in [5, 5.41) is 3.46. The van der Waals surface area contributed by atoms with Crippen LogP contribution in [0.3, 0.4) is 0 Å². The summed E-state index contributed by atoms with van der Waals surface area (Å²) >= 11 is 5.83. The molecule has 10 heteroatoms. The van der Waals surface area contributed by atoms with Crippen LogP contribution in [0.1, 0.15) is 18.4 Å². The van der Waals surface area contributed by atoms with E-state index in [-0.39, 0.29) is 29.6 Å². The summed E-state index contributed by atoms with van der Waals surface area (Å²) in [6.07, 6.45) is 2.13. The summed E-state index contributed by atoms with van der Waals surface area (Å²) in [5.74, 6) is -0.747. The molecule has 2 heterocycles. The Hall–Kier alpha value is -3.43. The van der Waals surface area contributed by atoms with E-state index >= 15 is 0 Å². The first-order chi connectivity index (χ1) is 16.3. The largest absolute Gasteiger partial charge is 0.351 e. The second kappa shape index (κ2) is 9.82. The Morgan fingerprint density at radius 2 is 1.91 bits per heavy atom. The molecule has 34 heavy (non-hydrogen) atoms. The molecule has 3 amide bonds. The van der Waals surface area contributed by atoms with Crippen LogP contribution in [0.15, 0.2) is 48.7 Å². The zero-order valence-corrected chi connectivity index (χ0v) is 19.1. The lowest BCUT2D eigenvalue weighted by atomic mass is 9.98. The van der Waals surface area contributed by atoms with E-state index < -0.39 is 23.9 Å². The average Bonchev–Trinajstić information content (AvgIpc) is 3.42. The normalized spacial score (nSPS) is 17.8. The van der Waals surface area contributed by atoms with Gasteiger partial charge in [-0.2, -0.15) is 0 Å². The van der Waals surface area contributed by atoms with Gasteiger partial charge < -0.3 is 21.7 Å². The van der Waals surface area contributed by atoms with Gasteiger partial charge in [0.15, 0.2) is 5.78 Å². The van der Waals surface area contributed by atoms with Crippen molar-refractivity contribution in [1.29, 1.82) is 0 Å². The Balaban J connectivity index is 1.52. The first-order valence-electron chi connectivity index (χ1n) is 10.9. The van der Waals surface area contributed by atoms with Gasteiger partial charge in [-0.05, 0) is 43.0 Å². The Morgan fingerprint density at radius 1 is 1.15 bits per heavy atom. The molecule has 1 fully saturated rings. The zero-order valence-electron chi connectivity index (χ0n) is 18.3. The number of fused-ring (bicyclic) bond motifs is 1. The highest BCUT2D eigenvalue weighted by Gasteiger charge is 2.38.